The fraction of sp³-hybridized carbons (Fsp3) is 0.409. The third kappa shape index (κ3) is 6.40. The van der Waals surface area contributed by atoms with Gasteiger partial charge in [-0.05, 0) is 43.9 Å². The second kappa shape index (κ2) is 11.8. The Balaban J connectivity index is 0.00000320. The Labute approximate surface area is 195 Å². The molecule has 0 spiro atoms. The number of benzene rings is 2. The molecule has 1 heterocycles. The average Bonchev–Trinajstić information content (AvgIpc) is 2.98. The summed E-state index contributed by atoms with van der Waals surface area (Å²) in [6, 6.07) is 14.2. The van der Waals surface area contributed by atoms with Gasteiger partial charge in [-0.2, -0.15) is 0 Å². The van der Waals surface area contributed by atoms with Crippen molar-refractivity contribution >= 4 is 35.6 Å². The predicted octanol–water partition coefficient (Wildman–Crippen LogP) is 3.76. The van der Waals surface area contributed by atoms with E-state index >= 15 is 0 Å². The number of hydrogen-bond acceptors (Lipinski definition) is 5. The van der Waals surface area contributed by atoms with Crippen molar-refractivity contribution in [1.29, 1.82) is 0 Å². The normalized spacial score (nSPS) is 14.4. The van der Waals surface area contributed by atoms with Crippen LogP contribution in [0, 0.1) is 0 Å². The summed E-state index contributed by atoms with van der Waals surface area (Å²) in [4.78, 5) is 6.53. The van der Waals surface area contributed by atoms with Crippen LogP contribution in [0.4, 0.5) is 5.69 Å². The van der Waals surface area contributed by atoms with Crippen molar-refractivity contribution in [1.82, 2.24) is 10.2 Å². The summed E-state index contributed by atoms with van der Waals surface area (Å²) in [7, 11) is 7.57. The molecule has 0 bridgehead atoms. The molecule has 3 rings (SSSR count). The van der Waals surface area contributed by atoms with Gasteiger partial charge in [0.1, 0.15) is 5.75 Å². The van der Waals surface area contributed by atoms with Crippen LogP contribution in [0.1, 0.15) is 18.0 Å². The number of nitrogens with zero attached hydrogens (tertiary/aromatic N) is 2. The van der Waals surface area contributed by atoms with Crippen molar-refractivity contribution in [2.75, 3.05) is 53.3 Å². The molecule has 0 aliphatic carbocycles. The third-order valence-electron chi connectivity index (χ3n) is 4.82. The Morgan fingerprint density at radius 2 is 1.80 bits per heavy atom. The first-order chi connectivity index (χ1) is 14.1. The van der Waals surface area contributed by atoms with Crippen molar-refractivity contribution in [3.8, 4) is 17.2 Å². The molecule has 0 radical (unpaired) electrons. The lowest BCUT2D eigenvalue weighted by molar-refractivity contribution is 0.297. The highest BCUT2D eigenvalue weighted by molar-refractivity contribution is 14.0. The van der Waals surface area contributed by atoms with Crippen LogP contribution in [-0.2, 0) is 0 Å². The molecule has 2 aromatic carbocycles. The van der Waals surface area contributed by atoms with Gasteiger partial charge < -0.3 is 29.7 Å². The number of anilines is 1. The van der Waals surface area contributed by atoms with Gasteiger partial charge >= 0.3 is 0 Å². The number of hydrogen-bond donors (Lipinski definition) is 2. The number of aliphatic imine (C=N–C) groups is 1. The second-order valence-electron chi connectivity index (χ2n) is 7.04. The highest BCUT2D eigenvalue weighted by atomic mass is 127. The number of nitrogens with one attached hydrogen (secondary N) is 2. The zero-order chi connectivity index (χ0) is 20.6. The molecule has 0 amide bonds. The van der Waals surface area contributed by atoms with Gasteiger partial charge in [0.2, 0.25) is 0 Å². The van der Waals surface area contributed by atoms with E-state index in [1.807, 2.05) is 30.3 Å². The summed E-state index contributed by atoms with van der Waals surface area (Å²) >= 11 is 0. The van der Waals surface area contributed by atoms with Crippen LogP contribution in [0.25, 0.3) is 0 Å². The molecule has 1 unspecified atom stereocenters. The molecule has 1 aliphatic rings. The Morgan fingerprint density at radius 1 is 1.10 bits per heavy atom. The maximum absolute atomic E-state index is 5.77. The lowest BCUT2D eigenvalue weighted by atomic mass is 10.1. The minimum absolute atomic E-state index is 0. The molecular weight excluding hydrogens is 495 g/mol. The van der Waals surface area contributed by atoms with Crippen LogP contribution in [0.2, 0.25) is 0 Å². The summed E-state index contributed by atoms with van der Waals surface area (Å²) in [6.07, 6.45) is 0.887. The lowest BCUT2D eigenvalue weighted by Crippen LogP contribution is -2.37. The summed E-state index contributed by atoms with van der Waals surface area (Å²) in [5.74, 6) is 3.08. The summed E-state index contributed by atoms with van der Waals surface area (Å²) in [5.41, 5.74) is 2.10. The van der Waals surface area contributed by atoms with Crippen molar-refractivity contribution in [2.24, 2.45) is 4.99 Å². The van der Waals surface area contributed by atoms with Crippen LogP contribution in [0.15, 0.2) is 47.5 Å². The van der Waals surface area contributed by atoms with E-state index in [9.17, 15) is 0 Å². The van der Waals surface area contributed by atoms with E-state index in [1.54, 1.807) is 14.2 Å². The highest BCUT2D eigenvalue weighted by Gasteiger charge is 2.16. The first-order valence-electron chi connectivity index (χ1n) is 9.78. The van der Waals surface area contributed by atoms with Crippen molar-refractivity contribution < 1.29 is 14.2 Å². The number of methoxy groups -OCH3 is 1. The predicted molar refractivity (Wildman–Crippen MR) is 132 cm³/mol. The smallest absolute Gasteiger partial charge is 0.195 e. The van der Waals surface area contributed by atoms with Gasteiger partial charge in [-0.1, -0.05) is 12.1 Å². The number of halogens is 1. The van der Waals surface area contributed by atoms with E-state index in [4.69, 9.17) is 14.2 Å². The van der Waals surface area contributed by atoms with Gasteiger partial charge in [-0.15, -0.1) is 24.0 Å². The molecule has 1 aliphatic heterocycles. The first kappa shape index (κ1) is 24.1. The van der Waals surface area contributed by atoms with Gasteiger partial charge in [-0.3, -0.25) is 4.99 Å². The largest absolute Gasteiger partial charge is 0.497 e. The third-order valence-corrected chi connectivity index (χ3v) is 4.82. The molecule has 1 atom stereocenters. The number of rotatable bonds is 6. The molecule has 0 aromatic heterocycles. The highest BCUT2D eigenvalue weighted by Crippen LogP contribution is 2.32. The minimum atomic E-state index is 0. The lowest BCUT2D eigenvalue weighted by Gasteiger charge is -2.26. The van der Waals surface area contributed by atoms with Gasteiger partial charge in [0, 0.05) is 31.8 Å². The molecule has 0 fully saturated rings. The maximum Gasteiger partial charge on any atom is 0.195 e. The quantitative estimate of drug-likeness (QED) is 0.340. The van der Waals surface area contributed by atoms with E-state index < -0.39 is 0 Å². The number of fused-ring (bicyclic) bond motifs is 1. The van der Waals surface area contributed by atoms with Crippen molar-refractivity contribution in [3.63, 3.8) is 0 Å². The molecule has 0 saturated heterocycles. The molecule has 30 heavy (non-hydrogen) atoms. The Hall–Kier alpha value is -2.20. The van der Waals surface area contributed by atoms with Gasteiger partial charge in [0.05, 0.1) is 26.4 Å². The van der Waals surface area contributed by atoms with E-state index in [-0.39, 0.29) is 30.0 Å². The molecular formula is C22H31IN4O3. The van der Waals surface area contributed by atoms with Crippen LogP contribution in [-0.4, -0.2) is 58.9 Å². The van der Waals surface area contributed by atoms with E-state index in [0.29, 0.717) is 25.7 Å². The Bertz CT molecular complexity index is 828. The summed E-state index contributed by atoms with van der Waals surface area (Å²) < 4.78 is 16.7. The van der Waals surface area contributed by atoms with Crippen molar-refractivity contribution in [2.45, 2.75) is 12.5 Å². The van der Waals surface area contributed by atoms with Gasteiger partial charge in [0.15, 0.2) is 17.5 Å². The second-order valence-corrected chi connectivity index (χ2v) is 7.04. The van der Waals surface area contributed by atoms with E-state index in [0.717, 1.165) is 29.4 Å². The van der Waals surface area contributed by atoms with Crippen LogP contribution >= 0.6 is 24.0 Å². The maximum atomic E-state index is 5.77. The van der Waals surface area contributed by atoms with Crippen LogP contribution in [0.5, 0.6) is 17.2 Å². The number of likely N-dealkylation sites (N-methyl/N-ethyl adjacent to an activating group) is 1. The minimum Gasteiger partial charge on any atom is -0.497 e. The average molecular weight is 526 g/mol. The monoisotopic (exact) mass is 526 g/mol. The number of guanidine groups is 1. The van der Waals surface area contributed by atoms with E-state index in [1.165, 1.54) is 5.56 Å². The standard InChI is InChI=1S/C22H30N4O3.HI/c1-23-22(25-17-8-11-20-21(14-17)29-13-5-12-28-20)24-15-19(26(2)3)16-6-9-18(27-4)10-7-16;/h6-11,14,19H,5,12-13,15H2,1-4H3,(H2,23,24,25);1H. The Kier molecular flexibility index (Phi) is 9.51. The molecule has 0 saturated carbocycles. The SMILES string of the molecule is CN=C(NCC(c1ccc(OC)cc1)N(C)C)Nc1ccc2c(c1)OCCCO2.I. The summed E-state index contributed by atoms with van der Waals surface area (Å²) in [5, 5.41) is 6.74. The summed E-state index contributed by atoms with van der Waals surface area (Å²) in [6.45, 7) is 2.04. The van der Waals surface area contributed by atoms with Gasteiger partial charge in [0.25, 0.3) is 0 Å². The molecule has 164 valence electrons. The van der Waals surface area contributed by atoms with Crippen molar-refractivity contribution in [3.05, 3.63) is 48.0 Å². The molecule has 8 heteroatoms. The van der Waals surface area contributed by atoms with E-state index in [2.05, 4.69) is 46.8 Å². The van der Waals surface area contributed by atoms with Gasteiger partial charge in [-0.25, -0.2) is 0 Å². The topological polar surface area (TPSA) is 67.4 Å². The van der Waals surface area contributed by atoms with Crippen LogP contribution in [0.3, 0.4) is 0 Å². The molecule has 7 nitrogen and oxygen atoms in total. The molecule has 2 N–H and O–H groups in total. The zero-order valence-corrected chi connectivity index (χ0v) is 20.3. The fourth-order valence-electron chi connectivity index (χ4n) is 3.17. The fourth-order valence-corrected chi connectivity index (χ4v) is 3.17. The molecule has 2 aromatic rings. The Morgan fingerprint density at radius 3 is 2.43 bits per heavy atom. The first-order valence-corrected chi connectivity index (χ1v) is 9.78. The number of ether oxygens (including phenoxy) is 3. The zero-order valence-electron chi connectivity index (χ0n) is 18.0. The van der Waals surface area contributed by atoms with Crippen LogP contribution < -0.4 is 24.8 Å².